The molecule has 0 radical (unpaired) electrons. The lowest BCUT2D eigenvalue weighted by Crippen LogP contribution is -2.50. The Bertz CT molecular complexity index is 1030. The molecule has 0 atom stereocenters. The topological polar surface area (TPSA) is 35.6 Å². The molecule has 0 unspecified atom stereocenters. The Balaban J connectivity index is 1.40. The summed E-state index contributed by atoms with van der Waals surface area (Å²) in [5, 5.41) is 3.13. The van der Waals surface area contributed by atoms with E-state index < -0.39 is 0 Å². The summed E-state index contributed by atoms with van der Waals surface area (Å²) >= 11 is 0. The average molecular weight is 460 g/mol. The van der Waals surface area contributed by atoms with Crippen molar-refractivity contribution in [3.05, 3.63) is 107 Å². The summed E-state index contributed by atoms with van der Waals surface area (Å²) in [6, 6.07) is 25.5. The zero-order chi connectivity index (χ0) is 23.8. The number of nitrogens with zero attached hydrogens (tertiary/aromatic N) is 2. The van der Waals surface area contributed by atoms with Crippen molar-refractivity contribution in [2.75, 3.05) is 13.1 Å². The average Bonchev–Trinajstić information content (AvgIpc) is 2.89. The molecule has 178 valence electrons. The van der Waals surface area contributed by atoms with Crippen molar-refractivity contribution in [1.29, 1.82) is 0 Å². The minimum absolute atomic E-state index is 0.0135. The summed E-state index contributed by atoms with van der Waals surface area (Å²) in [6.45, 7) is 5.92. The molecule has 0 saturated carbocycles. The normalized spacial score (nSPS) is 14.6. The van der Waals surface area contributed by atoms with E-state index in [0.29, 0.717) is 13.1 Å². The van der Waals surface area contributed by atoms with Crippen molar-refractivity contribution >= 4 is 6.03 Å². The molecule has 5 heteroatoms. The van der Waals surface area contributed by atoms with E-state index in [-0.39, 0.29) is 17.9 Å². The first-order chi connectivity index (χ1) is 16.6. The Hall–Kier alpha value is -3.18. The van der Waals surface area contributed by atoms with E-state index in [9.17, 15) is 9.18 Å². The maximum absolute atomic E-state index is 13.3. The van der Waals surface area contributed by atoms with Crippen LogP contribution in [0.1, 0.15) is 42.0 Å². The fourth-order valence-electron chi connectivity index (χ4n) is 4.56. The third kappa shape index (κ3) is 6.67. The molecule has 3 aromatic rings. The first kappa shape index (κ1) is 24.0. The van der Waals surface area contributed by atoms with Crippen molar-refractivity contribution in [2.24, 2.45) is 0 Å². The summed E-state index contributed by atoms with van der Waals surface area (Å²) in [5.74, 6) is -0.202. The van der Waals surface area contributed by atoms with E-state index in [2.05, 4.69) is 41.4 Å². The molecule has 1 aliphatic rings. The first-order valence-electron chi connectivity index (χ1n) is 12.2. The van der Waals surface area contributed by atoms with Crippen LogP contribution in [0.3, 0.4) is 0 Å². The second-order valence-corrected chi connectivity index (χ2v) is 9.08. The number of amides is 2. The van der Waals surface area contributed by atoms with Gasteiger partial charge in [0.2, 0.25) is 0 Å². The number of likely N-dealkylation sites (tertiary alicyclic amines) is 1. The van der Waals surface area contributed by atoms with Gasteiger partial charge in [-0.3, -0.25) is 4.90 Å². The quantitative estimate of drug-likeness (QED) is 0.465. The highest BCUT2D eigenvalue weighted by atomic mass is 19.1. The van der Waals surface area contributed by atoms with E-state index in [0.717, 1.165) is 55.6 Å². The summed E-state index contributed by atoms with van der Waals surface area (Å²) in [5.41, 5.74) is 4.67. The Morgan fingerprint density at radius 3 is 2.15 bits per heavy atom. The summed E-state index contributed by atoms with van der Waals surface area (Å²) in [7, 11) is 0. The van der Waals surface area contributed by atoms with Crippen LogP contribution in [0.2, 0.25) is 0 Å². The van der Waals surface area contributed by atoms with Crippen LogP contribution in [0.4, 0.5) is 9.18 Å². The first-order valence-corrected chi connectivity index (χ1v) is 12.2. The van der Waals surface area contributed by atoms with Gasteiger partial charge in [-0.2, -0.15) is 0 Å². The van der Waals surface area contributed by atoms with Gasteiger partial charge in [0, 0.05) is 38.8 Å². The van der Waals surface area contributed by atoms with Crippen molar-refractivity contribution in [3.8, 4) is 0 Å². The zero-order valence-electron chi connectivity index (χ0n) is 19.9. The molecule has 0 aromatic heterocycles. The summed E-state index contributed by atoms with van der Waals surface area (Å²) < 4.78 is 13.2. The Labute approximate surface area is 202 Å². The zero-order valence-corrected chi connectivity index (χ0v) is 19.9. The number of nitrogens with one attached hydrogen (secondary N) is 1. The molecule has 1 fully saturated rings. The largest absolute Gasteiger partial charge is 0.334 e. The monoisotopic (exact) mass is 459 g/mol. The molecule has 0 aliphatic carbocycles. The molecule has 1 saturated heterocycles. The maximum Gasteiger partial charge on any atom is 0.318 e. The smallest absolute Gasteiger partial charge is 0.318 e. The van der Waals surface area contributed by atoms with Crippen molar-refractivity contribution in [3.63, 3.8) is 0 Å². The van der Waals surface area contributed by atoms with Gasteiger partial charge in [-0.15, -0.1) is 0 Å². The Morgan fingerprint density at radius 2 is 1.50 bits per heavy atom. The van der Waals surface area contributed by atoms with Gasteiger partial charge < -0.3 is 10.2 Å². The number of hydrogen-bond donors (Lipinski definition) is 1. The van der Waals surface area contributed by atoms with E-state index in [1.165, 1.54) is 17.7 Å². The van der Waals surface area contributed by atoms with Crippen LogP contribution in [0.25, 0.3) is 0 Å². The van der Waals surface area contributed by atoms with Crippen LogP contribution in [0.15, 0.2) is 78.9 Å². The molecule has 34 heavy (non-hydrogen) atoms. The highest BCUT2D eigenvalue weighted by Crippen LogP contribution is 2.21. The lowest BCUT2D eigenvalue weighted by molar-refractivity contribution is 0.113. The van der Waals surface area contributed by atoms with Crippen molar-refractivity contribution in [1.82, 2.24) is 15.1 Å². The van der Waals surface area contributed by atoms with Gasteiger partial charge >= 0.3 is 6.03 Å². The van der Waals surface area contributed by atoms with Gasteiger partial charge in [-0.1, -0.05) is 73.7 Å². The number of hydrogen-bond acceptors (Lipinski definition) is 2. The SMILES string of the molecule is CCc1ccc(CN(C(=O)NCc2ccccc2)C2CCN(Cc3ccc(F)cc3)CC2)cc1. The summed E-state index contributed by atoms with van der Waals surface area (Å²) in [6.07, 6.45) is 2.86. The number of rotatable bonds is 8. The van der Waals surface area contributed by atoms with Gasteiger partial charge in [0.05, 0.1) is 0 Å². The predicted molar refractivity (Wildman–Crippen MR) is 135 cm³/mol. The fourth-order valence-corrected chi connectivity index (χ4v) is 4.56. The Kier molecular flexibility index (Phi) is 8.31. The molecule has 2 amide bonds. The number of aryl methyl sites for hydroxylation is 1. The lowest BCUT2D eigenvalue weighted by atomic mass is 10.0. The van der Waals surface area contributed by atoms with E-state index >= 15 is 0 Å². The lowest BCUT2D eigenvalue weighted by Gasteiger charge is -2.38. The molecule has 3 aromatic carbocycles. The number of piperidine rings is 1. The van der Waals surface area contributed by atoms with Gasteiger partial charge in [0.25, 0.3) is 0 Å². The second kappa shape index (κ2) is 11.8. The highest BCUT2D eigenvalue weighted by molar-refractivity contribution is 5.74. The molecule has 4 rings (SSSR count). The Morgan fingerprint density at radius 1 is 0.882 bits per heavy atom. The van der Waals surface area contributed by atoms with Crippen LogP contribution < -0.4 is 5.32 Å². The molecule has 1 aliphatic heterocycles. The van der Waals surface area contributed by atoms with Gasteiger partial charge in [-0.25, -0.2) is 9.18 Å². The number of benzene rings is 3. The molecule has 4 nitrogen and oxygen atoms in total. The van der Waals surface area contributed by atoms with Crippen molar-refractivity contribution < 1.29 is 9.18 Å². The summed E-state index contributed by atoms with van der Waals surface area (Å²) in [4.78, 5) is 17.7. The van der Waals surface area contributed by atoms with Crippen LogP contribution in [0, 0.1) is 5.82 Å². The van der Waals surface area contributed by atoms with E-state index in [1.54, 1.807) is 0 Å². The second-order valence-electron chi connectivity index (χ2n) is 9.08. The van der Waals surface area contributed by atoms with Crippen molar-refractivity contribution in [2.45, 2.75) is 51.9 Å². The van der Waals surface area contributed by atoms with E-state index in [1.807, 2.05) is 47.4 Å². The van der Waals surface area contributed by atoms with Gasteiger partial charge in [0.15, 0.2) is 0 Å². The minimum Gasteiger partial charge on any atom is -0.334 e. The fraction of sp³-hybridized carbons (Fsp3) is 0.345. The van der Waals surface area contributed by atoms with Gasteiger partial charge in [-0.05, 0) is 53.6 Å². The molecular weight excluding hydrogens is 425 g/mol. The molecule has 1 heterocycles. The van der Waals surface area contributed by atoms with Crippen LogP contribution in [-0.2, 0) is 26.1 Å². The van der Waals surface area contributed by atoms with E-state index in [4.69, 9.17) is 0 Å². The third-order valence-corrected chi connectivity index (χ3v) is 6.65. The predicted octanol–water partition coefficient (Wildman–Crippen LogP) is 5.76. The number of halogens is 1. The number of carbonyl (C=O) groups is 1. The highest BCUT2D eigenvalue weighted by Gasteiger charge is 2.28. The molecular formula is C29H34FN3O. The molecule has 1 N–H and O–H groups in total. The van der Waals surface area contributed by atoms with Crippen LogP contribution in [-0.4, -0.2) is 35.0 Å². The molecule has 0 spiro atoms. The maximum atomic E-state index is 13.3. The minimum atomic E-state index is -0.202. The van der Waals surface area contributed by atoms with Crippen LogP contribution >= 0.6 is 0 Å². The number of carbonyl (C=O) groups excluding carboxylic acids is 1. The third-order valence-electron chi connectivity index (χ3n) is 6.65. The molecule has 0 bridgehead atoms. The number of urea groups is 1. The standard InChI is InChI=1S/C29H34FN3O/c1-2-23-8-10-26(11-9-23)22-33(29(34)31-20-24-6-4-3-5-7-24)28-16-18-32(19-17-28)21-25-12-14-27(30)15-13-25/h3-15,28H,2,16-22H2,1H3,(H,31,34). The van der Waals surface area contributed by atoms with Crippen LogP contribution in [0.5, 0.6) is 0 Å². The van der Waals surface area contributed by atoms with Gasteiger partial charge in [0.1, 0.15) is 5.82 Å².